The average molecular weight is 256 g/mol. The molecule has 0 radical (unpaired) electrons. The standard InChI is InChI=1S/C16H20N2O/c1-11-7-8-18-15(9-11)16(17-3)14-6-5-13(19-4)10-12(14)2/h5-10,16-17H,1-4H3. The number of nitrogens with one attached hydrogen (secondary N) is 1. The number of rotatable bonds is 4. The Labute approximate surface area is 114 Å². The van der Waals surface area contributed by atoms with Gasteiger partial charge in [0, 0.05) is 6.20 Å². The van der Waals surface area contributed by atoms with E-state index in [0.29, 0.717) is 0 Å². The van der Waals surface area contributed by atoms with Gasteiger partial charge < -0.3 is 10.1 Å². The maximum atomic E-state index is 5.25. The first-order chi connectivity index (χ1) is 9.15. The van der Waals surface area contributed by atoms with Gasteiger partial charge in [0.1, 0.15) is 5.75 Å². The maximum Gasteiger partial charge on any atom is 0.119 e. The fraction of sp³-hybridized carbons (Fsp3) is 0.312. The molecule has 0 bridgehead atoms. The minimum Gasteiger partial charge on any atom is -0.497 e. The van der Waals surface area contributed by atoms with Gasteiger partial charge in [-0.15, -0.1) is 0 Å². The van der Waals surface area contributed by atoms with Crippen LogP contribution in [0.25, 0.3) is 0 Å². The molecular weight excluding hydrogens is 236 g/mol. The zero-order chi connectivity index (χ0) is 13.8. The highest BCUT2D eigenvalue weighted by molar-refractivity contribution is 5.40. The first-order valence-corrected chi connectivity index (χ1v) is 6.40. The van der Waals surface area contributed by atoms with Crippen molar-refractivity contribution in [3.05, 3.63) is 58.9 Å². The molecule has 1 heterocycles. The lowest BCUT2D eigenvalue weighted by Crippen LogP contribution is -2.20. The molecule has 0 aliphatic carbocycles. The molecule has 0 saturated carbocycles. The van der Waals surface area contributed by atoms with E-state index < -0.39 is 0 Å². The second kappa shape index (κ2) is 5.85. The lowest BCUT2D eigenvalue weighted by molar-refractivity contribution is 0.414. The Bertz CT molecular complexity index is 566. The first kappa shape index (κ1) is 13.6. The number of ether oxygens (including phenoxy) is 1. The Kier molecular flexibility index (Phi) is 4.17. The first-order valence-electron chi connectivity index (χ1n) is 6.40. The number of aryl methyl sites for hydroxylation is 2. The lowest BCUT2D eigenvalue weighted by Gasteiger charge is -2.19. The predicted molar refractivity (Wildman–Crippen MR) is 77.6 cm³/mol. The van der Waals surface area contributed by atoms with E-state index in [4.69, 9.17) is 4.74 Å². The van der Waals surface area contributed by atoms with Crippen LogP contribution in [0.4, 0.5) is 0 Å². The molecule has 2 aromatic rings. The van der Waals surface area contributed by atoms with Crippen LogP contribution in [0.15, 0.2) is 36.5 Å². The normalized spacial score (nSPS) is 12.2. The van der Waals surface area contributed by atoms with Gasteiger partial charge in [-0.3, -0.25) is 4.98 Å². The maximum absolute atomic E-state index is 5.25. The molecule has 0 aliphatic heterocycles. The SMILES string of the molecule is CNC(c1cc(C)ccn1)c1ccc(OC)cc1C. The van der Waals surface area contributed by atoms with Gasteiger partial charge in [-0.05, 0) is 61.9 Å². The summed E-state index contributed by atoms with van der Waals surface area (Å²) in [7, 11) is 3.64. The number of aromatic nitrogens is 1. The van der Waals surface area contributed by atoms with Crippen LogP contribution in [0, 0.1) is 13.8 Å². The molecule has 0 fully saturated rings. The van der Waals surface area contributed by atoms with Gasteiger partial charge in [-0.2, -0.15) is 0 Å². The van der Waals surface area contributed by atoms with Crippen LogP contribution in [0.5, 0.6) is 5.75 Å². The molecule has 0 spiro atoms. The molecule has 0 saturated heterocycles. The van der Waals surface area contributed by atoms with Gasteiger partial charge in [0.15, 0.2) is 0 Å². The van der Waals surface area contributed by atoms with E-state index in [-0.39, 0.29) is 6.04 Å². The van der Waals surface area contributed by atoms with E-state index >= 15 is 0 Å². The van der Waals surface area contributed by atoms with Crippen molar-refractivity contribution in [1.29, 1.82) is 0 Å². The topological polar surface area (TPSA) is 34.2 Å². The van der Waals surface area contributed by atoms with Crippen molar-refractivity contribution in [1.82, 2.24) is 10.3 Å². The summed E-state index contributed by atoms with van der Waals surface area (Å²) in [6, 6.07) is 10.4. The highest BCUT2D eigenvalue weighted by Gasteiger charge is 2.15. The quantitative estimate of drug-likeness (QED) is 0.913. The van der Waals surface area contributed by atoms with Crippen LogP contribution in [0.2, 0.25) is 0 Å². The Morgan fingerprint density at radius 1 is 1.16 bits per heavy atom. The lowest BCUT2D eigenvalue weighted by atomic mass is 9.97. The summed E-state index contributed by atoms with van der Waals surface area (Å²) in [6.45, 7) is 4.18. The van der Waals surface area contributed by atoms with Crippen molar-refractivity contribution in [2.24, 2.45) is 0 Å². The summed E-state index contributed by atoms with van der Waals surface area (Å²) in [5.74, 6) is 0.883. The van der Waals surface area contributed by atoms with Gasteiger partial charge in [0.25, 0.3) is 0 Å². The third kappa shape index (κ3) is 2.93. The number of hydrogen-bond donors (Lipinski definition) is 1. The summed E-state index contributed by atoms with van der Waals surface area (Å²) in [4.78, 5) is 4.48. The molecule has 1 N–H and O–H groups in total. The second-order valence-corrected chi connectivity index (χ2v) is 4.70. The number of pyridine rings is 1. The van der Waals surface area contributed by atoms with Gasteiger partial charge in [0.2, 0.25) is 0 Å². The monoisotopic (exact) mass is 256 g/mol. The van der Waals surface area contributed by atoms with Crippen molar-refractivity contribution in [3.8, 4) is 5.75 Å². The van der Waals surface area contributed by atoms with Crippen molar-refractivity contribution >= 4 is 0 Å². The van der Waals surface area contributed by atoms with Crippen LogP contribution >= 0.6 is 0 Å². The van der Waals surface area contributed by atoms with E-state index in [2.05, 4.69) is 42.3 Å². The van der Waals surface area contributed by atoms with E-state index in [9.17, 15) is 0 Å². The Morgan fingerprint density at radius 3 is 2.53 bits per heavy atom. The molecule has 100 valence electrons. The third-order valence-corrected chi connectivity index (χ3v) is 3.31. The van der Waals surface area contributed by atoms with Crippen LogP contribution in [-0.2, 0) is 0 Å². The van der Waals surface area contributed by atoms with Crippen molar-refractivity contribution in [2.45, 2.75) is 19.9 Å². The minimum atomic E-state index is 0.103. The molecular formula is C16H20N2O. The molecule has 0 amide bonds. The van der Waals surface area contributed by atoms with Crippen molar-refractivity contribution in [2.75, 3.05) is 14.2 Å². The van der Waals surface area contributed by atoms with E-state index in [1.165, 1.54) is 16.7 Å². The molecule has 1 aromatic heterocycles. The largest absolute Gasteiger partial charge is 0.497 e. The summed E-state index contributed by atoms with van der Waals surface area (Å²) in [5.41, 5.74) is 4.68. The van der Waals surface area contributed by atoms with Crippen molar-refractivity contribution in [3.63, 3.8) is 0 Å². The molecule has 19 heavy (non-hydrogen) atoms. The van der Waals surface area contributed by atoms with Gasteiger partial charge in [-0.1, -0.05) is 6.07 Å². The number of methoxy groups -OCH3 is 1. The molecule has 0 aliphatic rings. The van der Waals surface area contributed by atoms with Gasteiger partial charge in [0.05, 0.1) is 18.8 Å². The molecule has 1 unspecified atom stereocenters. The Hall–Kier alpha value is -1.87. The third-order valence-electron chi connectivity index (χ3n) is 3.31. The fourth-order valence-electron chi connectivity index (χ4n) is 2.28. The van der Waals surface area contributed by atoms with Crippen molar-refractivity contribution < 1.29 is 4.74 Å². The number of nitrogens with zero attached hydrogens (tertiary/aromatic N) is 1. The minimum absolute atomic E-state index is 0.103. The smallest absolute Gasteiger partial charge is 0.119 e. The zero-order valence-electron chi connectivity index (χ0n) is 11.9. The van der Waals surface area contributed by atoms with Crippen LogP contribution < -0.4 is 10.1 Å². The van der Waals surface area contributed by atoms with Crippen LogP contribution in [-0.4, -0.2) is 19.1 Å². The Morgan fingerprint density at radius 2 is 1.95 bits per heavy atom. The van der Waals surface area contributed by atoms with E-state index in [1.54, 1.807) is 7.11 Å². The van der Waals surface area contributed by atoms with Crippen LogP contribution in [0.1, 0.15) is 28.4 Å². The molecule has 3 nitrogen and oxygen atoms in total. The fourth-order valence-corrected chi connectivity index (χ4v) is 2.28. The summed E-state index contributed by atoms with van der Waals surface area (Å²) in [6.07, 6.45) is 1.86. The van der Waals surface area contributed by atoms with E-state index in [0.717, 1.165) is 11.4 Å². The molecule has 1 aromatic carbocycles. The van der Waals surface area contributed by atoms with Gasteiger partial charge >= 0.3 is 0 Å². The summed E-state index contributed by atoms with van der Waals surface area (Å²) in [5, 5.41) is 3.34. The zero-order valence-corrected chi connectivity index (χ0v) is 11.9. The predicted octanol–water partition coefficient (Wildman–Crippen LogP) is 3.02. The molecule has 2 rings (SSSR count). The summed E-state index contributed by atoms with van der Waals surface area (Å²) < 4.78 is 5.25. The molecule has 3 heteroatoms. The summed E-state index contributed by atoms with van der Waals surface area (Å²) >= 11 is 0. The second-order valence-electron chi connectivity index (χ2n) is 4.70. The van der Waals surface area contributed by atoms with Gasteiger partial charge in [-0.25, -0.2) is 0 Å². The Balaban J connectivity index is 2.42. The average Bonchev–Trinajstić information content (AvgIpc) is 2.41. The molecule has 1 atom stereocenters. The highest BCUT2D eigenvalue weighted by atomic mass is 16.5. The highest BCUT2D eigenvalue weighted by Crippen LogP contribution is 2.26. The number of hydrogen-bond acceptors (Lipinski definition) is 3. The van der Waals surface area contributed by atoms with E-state index in [1.807, 2.05) is 25.4 Å². The number of benzene rings is 1. The van der Waals surface area contributed by atoms with Crippen LogP contribution in [0.3, 0.4) is 0 Å².